The molecule has 0 bridgehead atoms. The molecule has 1 aliphatic heterocycles. The van der Waals surface area contributed by atoms with Gasteiger partial charge in [-0.2, -0.15) is 0 Å². The average Bonchev–Trinajstić information content (AvgIpc) is 2.78. The van der Waals surface area contributed by atoms with Crippen molar-refractivity contribution in [2.24, 2.45) is 0 Å². The third-order valence-electron chi connectivity index (χ3n) is 3.14. The quantitative estimate of drug-likeness (QED) is 0.667. The average molecular weight is 400 g/mol. The van der Waals surface area contributed by atoms with Gasteiger partial charge in [0.2, 0.25) is 0 Å². The molecule has 2 amide bonds. The molecule has 5 nitrogen and oxygen atoms in total. The topological polar surface area (TPSA) is 55.8 Å². The molecule has 1 aromatic carbocycles. The lowest BCUT2D eigenvalue weighted by Gasteiger charge is -2.13. The van der Waals surface area contributed by atoms with E-state index >= 15 is 0 Å². The number of hydrogen-bond donors (Lipinski definition) is 0. The number of carbonyl (C=O) groups is 2. The number of ether oxygens (including phenoxy) is 2. The first-order valence-corrected chi connectivity index (χ1v) is 8.97. The van der Waals surface area contributed by atoms with Crippen molar-refractivity contribution in [3.05, 3.63) is 27.1 Å². The highest BCUT2D eigenvalue weighted by Gasteiger charge is 2.33. The first-order chi connectivity index (χ1) is 11.0. The Morgan fingerprint density at radius 2 is 1.74 bits per heavy atom. The summed E-state index contributed by atoms with van der Waals surface area (Å²) in [7, 11) is 0. The maximum absolute atomic E-state index is 12.2. The van der Waals surface area contributed by atoms with E-state index in [0.29, 0.717) is 36.2 Å². The molecule has 0 saturated carbocycles. The van der Waals surface area contributed by atoms with Gasteiger partial charge in [-0.15, -0.1) is 0 Å². The van der Waals surface area contributed by atoms with Crippen molar-refractivity contribution < 1.29 is 19.1 Å². The van der Waals surface area contributed by atoms with Crippen LogP contribution in [0.4, 0.5) is 4.79 Å². The fourth-order valence-corrected chi connectivity index (χ4v) is 3.44. The molecular formula is C16H18BrNO4S. The maximum Gasteiger partial charge on any atom is 0.293 e. The Labute approximate surface area is 148 Å². The highest BCUT2D eigenvalue weighted by molar-refractivity contribution is 9.10. The smallest absolute Gasteiger partial charge is 0.293 e. The molecule has 0 aliphatic carbocycles. The van der Waals surface area contributed by atoms with Gasteiger partial charge in [-0.1, -0.05) is 15.9 Å². The standard InChI is InChI=1S/C16H18BrNO4S/c1-4-18-15(19)14(23-16(18)20)8-10-7-12(21-5-2)13(22-6-3)9-11(10)17/h7-9H,4-6H2,1-3H3. The molecule has 1 saturated heterocycles. The predicted molar refractivity (Wildman–Crippen MR) is 94.8 cm³/mol. The second-order valence-corrected chi connectivity index (χ2v) is 6.46. The maximum atomic E-state index is 12.2. The van der Waals surface area contributed by atoms with E-state index in [1.165, 1.54) is 4.90 Å². The van der Waals surface area contributed by atoms with Crippen LogP contribution in [0.5, 0.6) is 11.5 Å². The van der Waals surface area contributed by atoms with Crippen LogP contribution in [-0.4, -0.2) is 35.8 Å². The first-order valence-electron chi connectivity index (χ1n) is 7.36. The summed E-state index contributed by atoms with van der Waals surface area (Å²) < 4.78 is 11.9. The normalized spacial score (nSPS) is 16.3. The highest BCUT2D eigenvalue weighted by Crippen LogP contribution is 2.38. The molecule has 124 valence electrons. The second-order valence-electron chi connectivity index (χ2n) is 4.61. The Morgan fingerprint density at radius 3 is 2.26 bits per heavy atom. The predicted octanol–water partition coefficient (Wildman–Crippen LogP) is 4.30. The molecule has 0 atom stereocenters. The van der Waals surface area contributed by atoms with Gasteiger partial charge in [0.25, 0.3) is 11.1 Å². The lowest BCUT2D eigenvalue weighted by molar-refractivity contribution is -0.122. The number of carbonyl (C=O) groups excluding carboxylic acids is 2. The molecule has 7 heteroatoms. The van der Waals surface area contributed by atoms with Crippen LogP contribution in [0.25, 0.3) is 6.08 Å². The fraction of sp³-hybridized carbons (Fsp3) is 0.375. The minimum atomic E-state index is -0.263. The minimum Gasteiger partial charge on any atom is -0.490 e. The molecule has 1 heterocycles. The third-order valence-corrected chi connectivity index (χ3v) is 4.73. The number of amides is 2. The van der Waals surface area contributed by atoms with Crippen molar-refractivity contribution in [2.45, 2.75) is 20.8 Å². The molecule has 0 spiro atoms. The SMILES string of the molecule is CCOc1cc(Br)c(C=C2SC(=O)N(CC)C2=O)cc1OCC. The van der Waals surface area contributed by atoms with Crippen molar-refractivity contribution in [3.8, 4) is 11.5 Å². The van der Waals surface area contributed by atoms with Crippen LogP contribution >= 0.6 is 27.7 Å². The van der Waals surface area contributed by atoms with Gasteiger partial charge in [-0.3, -0.25) is 14.5 Å². The molecule has 1 fully saturated rings. The van der Waals surface area contributed by atoms with Gasteiger partial charge in [0.05, 0.1) is 18.1 Å². The van der Waals surface area contributed by atoms with Gasteiger partial charge in [-0.25, -0.2) is 0 Å². The van der Waals surface area contributed by atoms with Crippen LogP contribution < -0.4 is 9.47 Å². The largest absolute Gasteiger partial charge is 0.490 e. The number of likely N-dealkylation sites (N-methyl/N-ethyl adjacent to an activating group) is 1. The number of halogens is 1. The van der Waals surface area contributed by atoms with E-state index in [9.17, 15) is 9.59 Å². The first kappa shape index (κ1) is 17.9. The van der Waals surface area contributed by atoms with Crippen LogP contribution in [-0.2, 0) is 4.79 Å². The Bertz CT molecular complexity index is 660. The van der Waals surface area contributed by atoms with E-state index in [0.717, 1.165) is 21.8 Å². The monoisotopic (exact) mass is 399 g/mol. The molecular weight excluding hydrogens is 382 g/mol. The van der Waals surface area contributed by atoms with Gasteiger partial charge in [-0.05, 0) is 56.3 Å². The number of benzene rings is 1. The summed E-state index contributed by atoms with van der Waals surface area (Å²) in [5.74, 6) is 0.986. The molecule has 1 aromatic rings. The van der Waals surface area contributed by atoms with Crippen molar-refractivity contribution >= 4 is 44.9 Å². The lowest BCUT2D eigenvalue weighted by atomic mass is 10.2. The van der Waals surface area contributed by atoms with E-state index in [-0.39, 0.29) is 11.1 Å². The fourth-order valence-electron chi connectivity index (χ4n) is 2.11. The molecule has 0 unspecified atom stereocenters. The number of rotatable bonds is 6. The van der Waals surface area contributed by atoms with E-state index in [1.807, 2.05) is 19.9 Å². The van der Waals surface area contributed by atoms with Crippen molar-refractivity contribution in [1.29, 1.82) is 0 Å². The summed E-state index contributed by atoms with van der Waals surface area (Å²) in [6.07, 6.45) is 1.70. The highest BCUT2D eigenvalue weighted by atomic mass is 79.9. The van der Waals surface area contributed by atoms with Gasteiger partial charge in [0.15, 0.2) is 11.5 Å². The Balaban J connectivity index is 2.40. The van der Waals surface area contributed by atoms with Crippen LogP contribution in [0.1, 0.15) is 26.3 Å². The number of thioether (sulfide) groups is 1. The summed E-state index contributed by atoms with van der Waals surface area (Å²) in [5, 5.41) is -0.240. The van der Waals surface area contributed by atoms with Crippen LogP contribution in [0.3, 0.4) is 0 Å². The molecule has 0 aromatic heterocycles. The Hall–Kier alpha value is -1.47. The summed E-state index contributed by atoms with van der Waals surface area (Å²) >= 11 is 4.43. The third kappa shape index (κ3) is 3.90. The number of nitrogens with zero attached hydrogens (tertiary/aromatic N) is 1. The van der Waals surface area contributed by atoms with E-state index < -0.39 is 0 Å². The van der Waals surface area contributed by atoms with Crippen LogP contribution in [0, 0.1) is 0 Å². The number of imide groups is 1. The van der Waals surface area contributed by atoms with Gasteiger partial charge in [0.1, 0.15) is 0 Å². The van der Waals surface area contributed by atoms with E-state index in [2.05, 4.69) is 15.9 Å². The summed E-state index contributed by atoms with van der Waals surface area (Å²) in [6, 6.07) is 3.61. The molecule has 0 N–H and O–H groups in total. The second kappa shape index (κ2) is 7.88. The zero-order valence-corrected chi connectivity index (χ0v) is 15.6. The summed E-state index contributed by atoms with van der Waals surface area (Å²) in [5.41, 5.74) is 0.763. The Kier molecular flexibility index (Phi) is 6.12. The zero-order chi connectivity index (χ0) is 17.0. The molecule has 1 aliphatic rings. The minimum absolute atomic E-state index is 0.240. The summed E-state index contributed by atoms with van der Waals surface area (Å²) in [4.78, 5) is 25.6. The van der Waals surface area contributed by atoms with Gasteiger partial charge in [0, 0.05) is 11.0 Å². The molecule has 2 rings (SSSR count). The van der Waals surface area contributed by atoms with Gasteiger partial charge < -0.3 is 9.47 Å². The van der Waals surface area contributed by atoms with E-state index in [1.54, 1.807) is 19.1 Å². The van der Waals surface area contributed by atoms with Gasteiger partial charge >= 0.3 is 0 Å². The summed E-state index contributed by atoms with van der Waals surface area (Å²) in [6.45, 7) is 6.98. The van der Waals surface area contributed by atoms with Crippen molar-refractivity contribution in [1.82, 2.24) is 4.90 Å². The zero-order valence-electron chi connectivity index (χ0n) is 13.2. The number of hydrogen-bond acceptors (Lipinski definition) is 5. The van der Waals surface area contributed by atoms with E-state index in [4.69, 9.17) is 9.47 Å². The van der Waals surface area contributed by atoms with Crippen molar-refractivity contribution in [2.75, 3.05) is 19.8 Å². The molecule has 23 heavy (non-hydrogen) atoms. The Morgan fingerprint density at radius 1 is 1.13 bits per heavy atom. The van der Waals surface area contributed by atoms with Crippen LogP contribution in [0.2, 0.25) is 0 Å². The van der Waals surface area contributed by atoms with Crippen LogP contribution in [0.15, 0.2) is 21.5 Å². The van der Waals surface area contributed by atoms with Crippen molar-refractivity contribution in [3.63, 3.8) is 0 Å². The molecule has 0 radical (unpaired) electrons. The lowest BCUT2D eigenvalue weighted by Crippen LogP contribution is -2.27.